The summed E-state index contributed by atoms with van der Waals surface area (Å²) in [5.41, 5.74) is 1.47. The van der Waals surface area contributed by atoms with Crippen LogP contribution >= 0.6 is 0 Å². The van der Waals surface area contributed by atoms with E-state index in [1.54, 1.807) is 0 Å². The van der Waals surface area contributed by atoms with Crippen LogP contribution in [0.3, 0.4) is 0 Å². The first-order chi connectivity index (χ1) is 9.31. The zero-order chi connectivity index (χ0) is 13.5. The van der Waals surface area contributed by atoms with Gasteiger partial charge in [-0.3, -0.25) is 0 Å². The van der Waals surface area contributed by atoms with Crippen LogP contribution in [0.25, 0.3) is 0 Å². The second-order valence-corrected chi connectivity index (χ2v) is 5.73. The van der Waals surface area contributed by atoms with Gasteiger partial charge in [0.2, 0.25) is 0 Å². The lowest BCUT2D eigenvalue weighted by Gasteiger charge is -2.32. The molecular formula is C17H28N2. The number of benzene rings is 1. The maximum absolute atomic E-state index is 3.51. The van der Waals surface area contributed by atoms with E-state index in [2.05, 4.69) is 54.4 Å². The molecule has 1 N–H and O–H groups in total. The van der Waals surface area contributed by atoms with E-state index in [-0.39, 0.29) is 0 Å². The highest BCUT2D eigenvalue weighted by atomic mass is 15.2. The van der Waals surface area contributed by atoms with Gasteiger partial charge in [-0.05, 0) is 50.4 Å². The van der Waals surface area contributed by atoms with Crippen molar-refractivity contribution in [1.82, 2.24) is 10.2 Å². The lowest BCUT2D eigenvalue weighted by Crippen LogP contribution is -2.38. The molecule has 1 heterocycles. The normalized spacial score (nSPS) is 22.2. The molecule has 2 nitrogen and oxygen atoms in total. The first kappa shape index (κ1) is 14.5. The third-order valence-electron chi connectivity index (χ3n) is 4.34. The van der Waals surface area contributed by atoms with E-state index in [4.69, 9.17) is 0 Å². The van der Waals surface area contributed by atoms with Gasteiger partial charge in [0.05, 0.1) is 0 Å². The van der Waals surface area contributed by atoms with Gasteiger partial charge in [-0.25, -0.2) is 0 Å². The smallest absolute Gasteiger partial charge is 0.0108 e. The quantitative estimate of drug-likeness (QED) is 0.874. The van der Waals surface area contributed by atoms with Crippen molar-refractivity contribution in [2.45, 2.75) is 45.1 Å². The molecular weight excluding hydrogens is 232 g/mol. The zero-order valence-electron chi connectivity index (χ0n) is 12.4. The molecule has 1 aromatic rings. The van der Waals surface area contributed by atoms with E-state index in [9.17, 15) is 0 Å². The predicted molar refractivity (Wildman–Crippen MR) is 82.6 cm³/mol. The van der Waals surface area contributed by atoms with Crippen molar-refractivity contribution in [3.05, 3.63) is 35.9 Å². The molecule has 0 saturated carbocycles. The van der Waals surface area contributed by atoms with E-state index in [1.165, 1.54) is 51.0 Å². The Morgan fingerprint density at radius 1 is 1.21 bits per heavy atom. The lowest BCUT2D eigenvalue weighted by molar-refractivity contribution is 0.182. The Morgan fingerprint density at radius 2 is 2.00 bits per heavy atom. The molecule has 0 aliphatic carbocycles. The Bertz CT molecular complexity index is 342. The van der Waals surface area contributed by atoms with Crippen LogP contribution in [-0.4, -0.2) is 37.1 Å². The highest BCUT2D eigenvalue weighted by Crippen LogP contribution is 2.20. The van der Waals surface area contributed by atoms with Crippen LogP contribution in [0, 0.1) is 0 Å². The van der Waals surface area contributed by atoms with Crippen LogP contribution < -0.4 is 5.32 Å². The number of hydrogen-bond donors (Lipinski definition) is 1. The van der Waals surface area contributed by atoms with Gasteiger partial charge >= 0.3 is 0 Å². The van der Waals surface area contributed by atoms with Crippen molar-refractivity contribution >= 4 is 0 Å². The minimum atomic E-state index is 0.623. The minimum Gasteiger partial charge on any atom is -0.317 e. The molecule has 0 radical (unpaired) electrons. The van der Waals surface area contributed by atoms with E-state index in [0.717, 1.165) is 6.04 Å². The van der Waals surface area contributed by atoms with Crippen molar-refractivity contribution in [1.29, 1.82) is 0 Å². The van der Waals surface area contributed by atoms with Gasteiger partial charge in [0.1, 0.15) is 0 Å². The van der Waals surface area contributed by atoms with Crippen LogP contribution in [0.1, 0.15) is 44.6 Å². The average molecular weight is 260 g/mol. The molecule has 2 atom stereocenters. The van der Waals surface area contributed by atoms with Gasteiger partial charge in [-0.2, -0.15) is 0 Å². The molecule has 106 valence electrons. The summed E-state index contributed by atoms with van der Waals surface area (Å²) in [5.74, 6) is 0.623. The van der Waals surface area contributed by atoms with Crippen LogP contribution in [0.15, 0.2) is 30.3 Å². The first-order valence-corrected chi connectivity index (χ1v) is 7.81. The standard InChI is InChI=1S/C17H28N2/c1-3-19(17-10-7-12-18-13-11-17)14-15(2)16-8-5-4-6-9-16/h4-6,8-9,15,17-18H,3,7,10-14H2,1-2H3. The Hall–Kier alpha value is -0.860. The van der Waals surface area contributed by atoms with Gasteiger partial charge < -0.3 is 10.2 Å². The second kappa shape index (κ2) is 7.66. The van der Waals surface area contributed by atoms with Crippen molar-refractivity contribution in [3.63, 3.8) is 0 Å². The van der Waals surface area contributed by atoms with E-state index >= 15 is 0 Å². The second-order valence-electron chi connectivity index (χ2n) is 5.73. The summed E-state index contributed by atoms with van der Waals surface area (Å²) in [6.07, 6.45) is 3.97. The zero-order valence-corrected chi connectivity index (χ0v) is 12.4. The topological polar surface area (TPSA) is 15.3 Å². The summed E-state index contributed by atoms with van der Waals surface area (Å²) < 4.78 is 0. The van der Waals surface area contributed by atoms with Crippen molar-refractivity contribution in [2.24, 2.45) is 0 Å². The SMILES string of the molecule is CCN(CC(C)c1ccccc1)C1CCCNCC1. The van der Waals surface area contributed by atoms with Gasteiger partial charge in [0, 0.05) is 12.6 Å². The molecule has 0 spiro atoms. The summed E-state index contributed by atoms with van der Waals surface area (Å²) in [4.78, 5) is 2.69. The molecule has 1 saturated heterocycles. The van der Waals surface area contributed by atoms with Crippen LogP contribution in [0.4, 0.5) is 0 Å². The first-order valence-electron chi connectivity index (χ1n) is 7.81. The minimum absolute atomic E-state index is 0.623. The Kier molecular flexibility index (Phi) is 5.87. The molecule has 1 aliphatic rings. The third kappa shape index (κ3) is 4.32. The molecule has 0 amide bonds. The van der Waals surface area contributed by atoms with Crippen LogP contribution in [-0.2, 0) is 0 Å². The van der Waals surface area contributed by atoms with Crippen LogP contribution in [0.2, 0.25) is 0 Å². The fourth-order valence-corrected chi connectivity index (χ4v) is 3.14. The summed E-state index contributed by atoms with van der Waals surface area (Å²) in [6, 6.07) is 11.7. The molecule has 1 aromatic carbocycles. The van der Waals surface area contributed by atoms with E-state index in [1.807, 2.05) is 0 Å². The van der Waals surface area contributed by atoms with E-state index in [0.29, 0.717) is 5.92 Å². The van der Waals surface area contributed by atoms with Crippen molar-refractivity contribution in [2.75, 3.05) is 26.2 Å². The lowest BCUT2D eigenvalue weighted by atomic mass is 9.98. The molecule has 1 fully saturated rings. The average Bonchev–Trinajstić information content (AvgIpc) is 2.74. The van der Waals surface area contributed by atoms with Crippen LogP contribution in [0.5, 0.6) is 0 Å². The maximum Gasteiger partial charge on any atom is 0.0108 e. The molecule has 1 aliphatic heterocycles. The Balaban J connectivity index is 1.94. The number of nitrogens with one attached hydrogen (secondary N) is 1. The van der Waals surface area contributed by atoms with Gasteiger partial charge in [-0.1, -0.05) is 44.2 Å². The van der Waals surface area contributed by atoms with Gasteiger partial charge in [-0.15, -0.1) is 0 Å². The molecule has 0 aromatic heterocycles. The monoisotopic (exact) mass is 260 g/mol. The fraction of sp³-hybridized carbons (Fsp3) is 0.647. The third-order valence-corrected chi connectivity index (χ3v) is 4.34. The van der Waals surface area contributed by atoms with Gasteiger partial charge in [0.15, 0.2) is 0 Å². The molecule has 0 bridgehead atoms. The van der Waals surface area contributed by atoms with Gasteiger partial charge in [0.25, 0.3) is 0 Å². The van der Waals surface area contributed by atoms with Crippen molar-refractivity contribution < 1.29 is 0 Å². The molecule has 2 unspecified atom stereocenters. The highest BCUT2D eigenvalue weighted by Gasteiger charge is 2.20. The number of hydrogen-bond acceptors (Lipinski definition) is 2. The molecule has 19 heavy (non-hydrogen) atoms. The Morgan fingerprint density at radius 3 is 2.74 bits per heavy atom. The number of nitrogens with zero attached hydrogens (tertiary/aromatic N) is 1. The molecule has 2 heteroatoms. The highest BCUT2D eigenvalue weighted by molar-refractivity contribution is 5.19. The predicted octanol–water partition coefficient (Wildman–Crippen LogP) is 3.25. The van der Waals surface area contributed by atoms with Crippen molar-refractivity contribution in [3.8, 4) is 0 Å². The number of rotatable bonds is 5. The summed E-state index contributed by atoms with van der Waals surface area (Å²) in [6.45, 7) is 9.39. The molecule has 2 rings (SSSR count). The largest absolute Gasteiger partial charge is 0.317 e. The van der Waals surface area contributed by atoms with E-state index < -0.39 is 0 Å². The fourth-order valence-electron chi connectivity index (χ4n) is 3.14. The summed E-state index contributed by atoms with van der Waals surface area (Å²) >= 11 is 0. The Labute approximate surface area is 118 Å². The summed E-state index contributed by atoms with van der Waals surface area (Å²) in [7, 11) is 0. The number of likely N-dealkylation sites (N-methyl/N-ethyl adjacent to an activating group) is 1. The maximum atomic E-state index is 3.51. The summed E-state index contributed by atoms with van der Waals surface area (Å²) in [5, 5.41) is 3.51.